The summed E-state index contributed by atoms with van der Waals surface area (Å²) in [4.78, 5) is 157. The lowest BCUT2D eigenvalue weighted by Crippen LogP contribution is -3.00. The van der Waals surface area contributed by atoms with Crippen molar-refractivity contribution in [1.29, 1.82) is 0 Å². The zero-order chi connectivity index (χ0) is 92.2. The zero-order valence-corrected chi connectivity index (χ0v) is 83.5. The van der Waals surface area contributed by atoms with E-state index in [-0.39, 0.29) is 193 Å². The van der Waals surface area contributed by atoms with Gasteiger partial charge in [0, 0.05) is 109 Å². The third kappa shape index (κ3) is 21.5. The first-order valence-electron chi connectivity index (χ1n) is 39.3. The molecule has 16 rings (SSSR count). The van der Waals surface area contributed by atoms with E-state index in [0.717, 1.165) is 22.3 Å². The van der Waals surface area contributed by atoms with Gasteiger partial charge in [0.25, 0.3) is 0 Å². The minimum absolute atomic E-state index is 0. The summed E-state index contributed by atoms with van der Waals surface area (Å²) >= 11 is 28.5. The summed E-state index contributed by atoms with van der Waals surface area (Å²) in [5, 5.41) is 65.6. The van der Waals surface area contributed by atoms with Gasteiger partial charge in [-0.25, -0.2) is 19.2 Å². The van der Waals surface area contributed by atoms with Gasteiger partial charge in [-0.05, 0) is 235 Å². The number of benzene rings is 12. The van der Waals surface area contributed by atoms with E-state index in [2.05, 4.69) is 165 Å². The van der Waals surface area contributed by atoms with Crippen molar-refractivity contribution >= 4 is 244 Å². The Bertz CT molecular complexity index is 5980. The van der Waals surface area contributed by atoms with E-state index in [1.54, 1.807) is 139 Å². The standard InChI is InChI=1S/2C47H32Br4N4O10.CH4.2BrH/c2*48-28-17-22(18-29(49)40(28)54-32-9-11-34(56)38-36(32)42(58)24-5-1-3-7-26(24)44(38)60)13-15-64-46(62)52-21-53-47(63)65-16-14-23-19-30(50)41(31(51)20-23)55-33-10-12-35(57)39-37(33)43(59)25-6-2-4-8-27(25)45(39)61;;;/h2*1-12,17-20,54-57H,13-16,21H2,(H,52,62)(H,53,63);1H4;2*1H/p-2. The summed E-state index contributed by atoms with van der Waals surface area (Å²) in [6.45, 7) is -0.484. The second-order valence-corrected chi connectivity index (χ2v) is 36.1. The molecule has 0 unspecified atom stereocenters. The molecular weight excluding hydrogens is 2370 g/mol. The Labute approximate surface area is 845 Å². The maximum absolute atomic E-state index is 13.5. The van der Waals surface area contributed by atoms with Crippen LogP contribution in [0.15, 0.2) is 230 Å². The molecule has 38 heteroatoms. The number of nitrogens with one attached hydrogen (secondary N) is 7. The van der Waals surface area contributed by atoms with Crippen molar-refractivity contribution < 1.29 is 136 Å². The van der Waals surface area contributed by atoms with Gasteiger partial charge in [0.2, 0.25) is 5.78 Å². The monoisotopic (exact) mass is 2430 g/mol. The van der Waals surface area contributed by atoms with Crippen LogP contribution in [0.25, 0.3) is 0 Å². The number of carbonyl (C=O) groups is 12. The number of nitrogens with two attached hydrogens (primary N) is 1. The molecule has 133 heavy (non-hydrogen) atoms. The van der Waals surface area contributed by atoms with Crippen LogP contribution in [0.5, 0.6) is 23.0 Å². The summed E-state index contributed by atoms with van der Waals surface area (Å²) in [6.07, 6.45) is -1.74. The van der Waals surface area contributed by atoms with E-state index in [4.69, 9.17) is 18.9 Å². The lowest BCUT2D eigenvalue weighted by molar-refractivity contribution is -0.480. The topological polar surface area (TPSA) is 426 Å². The number of hydrogen-bond donors (Lipinski definition) is 11. The molecule has 0 fully saturated rings. The number of hydrogen-bond acceptors (Lipinski definition) is 23. The van der Waals surface area contributed by atoms with E-state index >= 15 is 0 Å². The van der Waals surface area contributed by atoms with Crippen molar-refractivity contribution in [1.82, 2.24) is 21.3 Å². The SMILES string of the molecule is C.O=C(NCNC(=O)OCCc1cc(Br)c(Nc2ccc(O)c3c2C(=O)c2ccccc2C3=O)c(Br)c1)OCCc1cc(Br)c(Nc2ccc(O)c3c2C(=O)c2ccccc2C3=O)c(Br)c1.O=C(NCNC(=O)OCCc1cc(Br)c([NH2+]c2ccc(O)c3c2C(=O)c2ccccc2C3=O)c(Br)c1)OCCc1cc(Br)c(Nc2ccc([O-])c3c2C(=O)c2ccccc2C3=O)c(Br)c1.[Br-].[Br-]. The third-order valence-corrected chi connectivity index (χ3v) is 26.2. The molecular formula is C95H68Br10N8O20-2. The average molecular weight is 2440 g/mol. The smallest absolute Gasteiger partial charge is 0.408 e. The maximum atomic E-state index is 13.5. The van der Waals surface area contributed by atoms with Crippen LogP contribution in [0.2, 0.25) is 0 Å². The first kappa shape index (κ1) is 100. The Morgan fingerprint density at radius 3 is 0.812 bits per heavy atom. The normalized spacial score (nSPS) is 12.1. The summed E-state index contributed by atoms with van der Waals surface area (Å²) in [5.41, 5.74) is 8.70. The molecule has 12 aromatic carbocycles. The fourth-order valence-corrected chi connectivity index (χ4v) is 21.0. The molecule has 0 aromatic heterocycles. The van der Waals surface area contributed by atoms with Gasteiger partial charge in [0.15, 0.2) is 46.2 Å². The number of phenols is 3. The number of halogens is 10. The second-order valence-electron chi connectivity index (χ2n) is 29.3. The quantitative estimate of drug-likeness (QED) is 0.0116. The molecule has 0 saturated heterocycles. The van der Waals surface area contributed by atoms with Gasteiger partial charge < -0.3 is 111 Å². The molecule has 4 amide bonds. The van der Waals surface area contributed by atoms with Crippen LogP contribution < -0.4 is 81.6 Å². The molecule has 0 saturated carbocycles. The van der Waals surface area contributed by atoms with Crippen LogP contribution >= 0.6 is 127 Å². The largest absolute Gasteiger partial charge is 1.00 e. The Morgan fingerprint density at radius 1 is 0.301 bits per heavy atom. The molecule has 0 spiro atoms. The number of rotatable bonds is 24. The number of aromatic hydroxyl groups is 3. The van der Waals surface area contributed by atoms with Crippen LogP contribution in [0, 0.1) is 0 Å². The lowest BCUT2D eigenvalue weighted by atomic mass is 9.82. The van der Waals surface area contributed by atoms with Crippen molar-refractivity contribution in [2.45, 2.75) is 33.1 Å². The molecule has 12 N–H and O–H groups in total. The van der Waals surface area contributed by atoms with Gasteiger partial charge in [0.05, 0.1) is 122 Å². The van der Waals surface area contributed by atoms with Gasteiger partial charge in [-0.3, -0.25) is 43.7 Å². The van der Waals surface area contributed by atoms with Gasteiger partial charge in [0.1, 0.15) is 22.9 Å². The molecule has 0 bridgehead atoms. The maximum Gasteiger partial charge on any atom is 0.408 e. The molecule has 0 heterocycles. The van der Waals surface area contributed by atoms with Crippen molar-refractivity contribution in [3.05, 3.63) is 341 Å². The van der Waals surface area contributed by atoms with Crippen LogP contribution in [0.1, 0.15) is 157 Å². The van der Waals surface area contributed by atoms with Crippen LogP contribution in [-0.4, -0.2) is 126 Å². The predicted molar refractivity (Wildman–Crippen MR) is 511 cm³/mol. The van der Waals surface area contributed by atoms with Crippen LogP contribution in [0.3, 0.4) is 0 Å². The van der Waals surface area contributed by atoms with Gasteiger partial charge in [-0.2, -0.15) is 0 Å². The van der Waals surface area contributed by atoms with E-state index in [9.17, 15) is 78.0 Å². The number of ether oxygens (including phenoxy) is 4. The Balaban J connectivity index is 0.000000235. The number of amides is 4. The zero-order valence-electron chi connectivity index (χ0n) is 67.7. The van der Waals surface area contributed by atoms with E-state index in [1.165, 1.54) is 48.5 Å². The summed E-state index contributed by atoms with van der Waals surface area (Å²) in [5.74, 6) is -4.79. The summed E-state index contributed by atoms with van der Waals surface area (Å²) in [7, 11) is 0. The number of quaternary nitrogens is 1. The fraction of sp³-hybridized carbons (Fsp3) is 0.116. The number of phenolic OH excluding ortho intramolecular Hbond substituents is 3. The van der Waals surface area contributed by atoms with Crippen molar-refractivity contribution in [3.63, 3.8) is 0 Å². The molecule has 12 aromatic rings. The highest BCUT2D eigenvalue weighted by Crippen LogP contribution is 2.47. The van der Waals surface area contributed by atoms with Gasteiger partial charge >= 0.3 is 24.4 Å². The molecule has 28 nitrogen and oxygen atoms in total. The van der Waals surface area contributed by atoms with Crippen molar-refractivity contribution in [2.75, 3.05) is 55.7 Å². The number of anilines is 6. The highest BCUT2D eigenvalue weighted by molar-refractivity contribution is 9.12. The third-order valence-electron chi connectivity index (χ3n) is 21.2. The molecule has 0 aliphatic heterocycles. The van der Waals surface area contributed by atoms with E-state index in [1.807, 2.05) is 12.1 Å². The molecule has 0 atom stereocenters. The van der Waals surface area contributed by atoms with Crippen LogP contribution in [0.4, 0.5) is 64.7 Å². The van der Waals surface area contributed by atoms with Crippen molar-refractivity contribution in [2.24, 2.45) is 0 Å². The lowest BCUT2D eigenvalue weighted by Gasteiger charge is -2.25. The number of ketones is 8. The molecule has 4 aliphatic carbocycles. The number of fused-ring (bicyclic) bond motifs is 8. The summed E-state index contributed by atoms with van der Waals surface area (Å²) in [6, 6.07) is 51.8. The Kier molecular flexibility index (Phi) is 32.9. The number of carbonyl (C=O) groups excluding carboxylic acids is 12. The second kappa shape index (κ2) is 43.6. The molecule has 680 valence electrons. The first-order chi connectivity index (χ1) is 62.4. The number of alkyl carbamates (subject to hydrolysis) is 4. The summed E-state index contributed by atoms with van der Waals surface area (Å²) < 4.78 is 26.1. The van der Waals surface area contributed by atoms with Crippen LogP contribution in [-0.2, 0) is 44.6 Å². The highest BCUT2D eigenvalue weighted by Gasteiger charge is 2.40. The first-order valence-corrected chi connectivity index (χ1v) is 45.6. The minimum Gasteiger partial charge on any atom is -1.00 e. The van der Waals surface area contributed by atoms with E-state index in [0.29, 0.717) is 107 Å². The van der Waals surface area contributed by atoms with Gasteiger partial charge in [-0.15, -0.1) is 0 Å². The minimum atomic E-state index is -0.769. The predicted octanol–water partition coefficient (Wildman–Crippen LogP) is 13.6. The highest BCUT2D eigenvalue weighted by atomic mass is 79.9. The average Bonchev–Trinajstić information content (AvgIpc) is 0.755. The Hall–Kier alpha value is -11.6. The fourth-order valence-electron chi connectivity index (χ4n) is 15.0. The Morgan fingerprint density at radius 2 is 0.526 bits per heavy atom. The van der Waals surface area contributed by atoms with Crippen molar-refractivity contribution in [3.8, 4) is 23.0 Å². The van der Waals surface area contributed by atoms with Gasteiger partial charge in [-0.1, -0.05) is 116 Å². The van der Waals surface area contributed by atoms with E-state index < -0.39 is 70.6 Å². The molecule has 0 radical (unpaired) electrons. The molecule has 4 aliphatic rings.